The summed E-state index contributed by atoms with van der Waals surface area (Å²) in [7, 11) is 2.88. The van der Waals surface area contributed by atoms with Crippen molar-refractivity contribution in [1.82, 2.24) is 28.5 Å². The Kier molecular flexibility index (Phi) is 11.3. The molecule has 2 saturated heterocycles. The minimum atomic E-state index is -1.70. The number of hydrogen-bond acceptors (Lipinski definition) is 6. The van der Waals surface area contributed by atoms with Crippen LogP contribution in [0.25, 0.3) is 0 Å². The molecule has 2 heterocycles. The van der Waals surface area contributed by atoms with Crippen molar-refractivity contribution in [2.75, 3.05) is 92.6 Å². The first-order chi connectivity index (χ1) is 14.0. The number of likely N-dealkylation sites (N-methyl/N-ethyl adjacent to an activating group) is 2. The summed E-state index contributed by atoms with van der Waals surface area (Å²) in [5, 5.41) is 0. The highest BCUT2D eigenvalue weighted by atomic mass is 31.2. The predicted octanol–water partition coefficient (Wildman–Crippen LogP) is 3.40. The van der Waals surface area contributed by atoms with E-state index in [1.54, 1.807) is 0 Å². The summed E-state index contributed by atoms with van der Waals surface area (Å²) in [6.45, 7) is 23.9. The number of unbranched alkanes of at least 4 members (excludes halogenated alkanes) is 2. The molecule has 0 radical (unpaired) electrons. The van der Waals surface area contributed by atoms with E-state index in [-0.39, 0.29) is 0 Å². The van der Waals surface area contributed by atoms with Gasteiger partial charge < -0.3 is 9.80 Å². The van der Waals surface area contributed by atoms with Crippen LogP contribution in [-0.2, 0) is 0 Å². The van der Waals surface area contributed by atoms with Gasteiger partial charge in [0.2, 0.25) is 0 Å². The van der Waals surface area contributed by atoms with Crippen molar-refractivity contribution in [2.45, 2.75) is 53.4 Å². The SMILES string of the molecule is CCCCN(CC)[P+](N(CC)CCCC)(N1CCN(C)CC1)N1CCN(C)CC1. The summed E-state index contributed by atoms with van der Waals surface area (Å²) in [6, 6.07) is 0. The molecule has 7 heteroatoms. The van der Waals surface area contributed by atoms with E-state index in [4.69, 9.17) is 0 Å². The van der Waals surface area contributed by atoms with E-state index in [0.29, 0.717) is 0 Å². The van der Waals surface area contributed by atoms with Crippen LogP contribution in [-0.4, -0.2) is 121 Å². The summed E-state index contributed by atoms with van der Waals surface area (Å²) < 4.78 is 11.8. The van der Waals surface area contributed by atoms with Gasteiger partial charge in [-0.25, -0.2) is 0 Å². The second-order valence-corrected chi connectivity index (χ2v) is 12.2. The Morgan fingerprint density at radius 2 is 0.931 bits per heavy atom. The van der Waals surface area contributed by atoms with E-state index in [9.17, 15) is 0 Å². The van der Waals surface area contributed by atoms with Crippen LogP contribution in [0.5, 0.6) is 0 Å². The van der Waals surface area contributed by atoms with Gasteiger partial charge in [0, 0.05) is 52.4 Å². The number of piperazine rings is 2. The molecule has 29 heavy (non-hydrogen) atoms. The lowest BCUT2D eigenvalue weighted by Gasteiger charge is -2.53. The zero-order chi connectivity index (χ0) is 21.3. The van der Waals surface area contributed by atoms with Crippen LogP contribution in [0.1, 0.15) is 53.4 Å². The quantitative estimate of drug-likeness (QED) is 0.440. The molecule has 0 aromatic heterocycles. The van der Waals surface area contributed by atoms with Gasteiger partial charge in [0.05, 0.1) is 26.2 Å². The van der Waals surface area contributed by atoms with Gasteiger partial charge in [0.1, 0.15) is 0 Å². The lowest BCUT2D eigenvalue weighted by Crippen LogP contribution is -2.60. The van der Waals surface area contributed by atoms with E-state index < -0.39 is 7.87 Å². The number of nitrogens with zero attached hydrogens (tertiary/aromatic N) is 6. The fourth-order valence-electron chi connectivity index (χ4n) is 4.85. The topological polar surface area (TPSA) is 19.4 Å². The lowest BCUT2D eigenvalue weighted by molar-refractivity contribution is 0.151. The van der Waals surface area contributed by atoms with Gasteiger partial charge in [-0.15, -0.1) is 18.7 Å². The molecule has 0 aliphatic carbocycles. The average molecular weight is 430 g/mol. The number of hydrogen-bond donors (Lipinski definition) is 0. The molecular formula is C22H50N6P+. The van der Waals surface area contributed by atoms with Crippen molar-refractivity contribution in [3.63, 3.8) is 0 Å². The van der Waals surface area contributed by atoms with Gasteiger partial charge >= 0.3 is 7.87 Å². The minimum Gasteiger partial charge on any atom is -0.304 e. The molecule has 0 aromatic rings. The van der Waals surface area contributed by atoms with Crippen molar-refractivity contribution >= 4 is 7.87 Å². The van der Waals surface area contributed by atoms with E-state index >= 15 is 0 Å². The first-order valence-electron chi connectivity index (χ1n) is 12.3. The Labute approximate surface area is 182 Å². The van der Waals surface area contributed by atoms with Crippen LogP contribution >= 0.6 is 7.87 Å². The van der Waals surface area contributed by atoms with Crippen LogP contribution < -0.4 is 0 Å². The molecule has 2 aliphatic heterocycles. The largest absolute Gasteiger partial charge is 0.308 e. The van der Waals surface area contributed by atoms with Gasteiger partial charge in [0.15, 0.2) is 0 Å². The first-order valence-corrected chi connectivity index (χ1v) is 13.9. The Hall–Kier alpha value is 0.190. The summed E-state index contributed by atoms with van der Waals surface area (Å²) in [5.74, 6) is 0. The second kappa shape index (κ2) is 12.9. The first kappa shape index (κ1) is 25.5. The molecule has 2 aliphatic rings. The summed E-state index contributed by atoms with van der Waals surface area (Å²) in [5.41, 5.74) is 0. The van der Waals surface area contributed by atoms with E-state index in [2.05, 4.69) is 70.3 Å². The van der Waals surface area contributed by atoms with Gasteiger partial charge in [-0.2, -0.15) is 0 Å². The highest BCUT2D eigenvalue weighted by Gasteiger charge is 2.61. The van der Waals surface area contributed by atoms with Crippen molar-refractivity contribution in [1.29, 1.82) is 0 Å². The molecule has 0 atom stereocenters. The Bertz CT molecular complexity index is 382. The van der Waals surface area contributed by atoms with E-state index in [0.717, 1.165) is 13.1 Å². The van der Waals surface area contributed by atoms with Crippen LogP contribution in [0.15, 0.2) is 0 Å². The van der Waals surface area contributed by atoms with Crippen LogP contribution in [0.3, 0.4) is 0 Å². The fraction of sp³-hybridized carbons (Fsp3) is 1.00. The van der Waals surface area contributed by atoms with Crippen molar-refractivity contribution in [2.24, 2.45) is 0 Å². The van der Waals surface area contributed by atoms with Crippen molar-refractivity contribution in [3.8, 4) is 0 Å². The van der Waals surface area contributed by atoms with E-state index in [1.807, 2.05) is 0 Å². The zero-order valence-electron chi connectivity index (χ0n) is 20.4. The Morgan fingerprint density at radius 1 is 0.586 bits per heavy atom. The predicted molar refractivity (Wildman–Crippen MR) is 129 cm³/mol. The third-order valence-corrected chi connectivity index (χ3v) is 11.5. The summed E-state index contributed by atoms with van der Waals surface area (Å²) in [4.78, 5) is 5.03. The summed E-state index contributed by atoms with van der Waals surface area (Å²) in [6.07, 6.45) is 5.18. The molecule has 0 saturated carbocycles. The molecule has 0 bridgehead atoms. The molecule has 172 valence electrons. The third-order valence-electron chi connectivity index (χ3n) is 6.75. The lowest BCUT2D eigenvalue weighted by atomic mass is 10.3. The third kappa shape index (κ3) is 6.12. The van der Waals surface area contributed by atoms with Crippen LogP contribution in [0, 0.1) is 0 Å². The monoisotopic (exact) mass is 429 g/mol. The molecule has 0 N–H and O–H groups in total. The second-order valence-electron chi connectivity index (χ2n) is 8.85. The molecule has 0 aromatic carbocycles. The maximum absolute atomic E-state index is 2.96. The Balaban J connectivity index is 2.48. The standard InChI is InChI=1S/C22H50N6P/c1-7-11-13-25(9-3)29(26(10-4)14-12-8-2,27-19-15-23(5)16-20-27)28-21-17-24(6)18-22-28/h7-22H2,1-6H3/q+1. The van der Waals surface area contributed by atoms with Crippen molar-refractivity contribution in [3.05, 3.63) is 0 Å². The number of rotatable bonds is 12. The molecular weight excluding hydrogens is 379 g/mol. The molecule has 0 amide bonds. The molecule has 0 spiro atoms. The molecule has 2 rings (SSSR count). The normalized spacial score (nSPS) is 21.5. The van der Waals surface area contributed by atoms with Gasteiger partial charge in [-0.1, -0.05) is 26.7 Å². The highest BCUT2D eigenvalue weighted by Crippen LogP contribution is 2.70. The minimum absolute atomic E-state index is 1.16. The van der Waals surface area contributed by atoms with Gasteiger partial charge in [-0.05, 0) is 40.8 Å². The maximum atomic E-state index is 2.96. The molecule has 6 nitrogen and oxygen atoms in total. The smallest absolute Gasteiger partial charge is 0.304 e. The summed E-state index contributed by atoms with van der Waals surface area (Å²) >= 11 is 0. The van der Waals surface area contributed by atoms with Crippen LogP contribution in [0.4, 0.5) is 0 Å². The van der Waals surface area contributed by atoms with Crippen LogP contribution in [0.2, 0.25) is 0 Å². The molecule has 2 fully saturated rings. The highest BCUT2D eigenvalue weighted by molar-refractivity contribution is 7.66. The van der Waals surface area contributed by atoms with Gasteiger partial charge in [-0.3, -0.25) is 0 Å². The Morgan fingerprint density at radius 3 is 1.21 bits per heavy atom. The van der Waals surface area contributed by atoms with Crippen molar-refractivity contribution < 1.29 is 0 Å². The maximum Gasteiger partial charge on any atom is 0.308 e. The fourth-order valence-corrected chi connectivity index (χ4v) is 10.0. The molecule has 0 unspecified atom stereocenters. The van der Waals surface area contributed by atoms with Gasteiger partial charge in [0.25, 0.3) is 0 Å². The zero-order valence-corrected chi connectivity index (χ0v) is 21.3. The van der Waals surface area contributed by atoms with E-state index in [1.165, 1.54) is 91.1 Å². The average Bonchev–Trinajstić information content (AvgIpc) is 2.74.